The van der Waals surface area contributed by atoms with Crippen LogP contribution >= 0.6 is 11.3 Å². The average Bonchev–Trinajstić information content (AvgIpc) is 3.51. The normalized spacial score (nSPS) is 15.9. The van der Waals surface area contributed by atoms with Crippen molar-refractivity contribution in [1.82, 2.24) is 4.98 Å². The van der Waals surface area contributed by atoms with E-state index in [1.807, 2.05) is 0 Å². The third kappa shape index (κ3) is 6.01. The molecule has 3 aromatic rings. The number of anilines is 1. The summed E-state index contributed by atoms with van der Waals surface area (Å²) < 4.78 is 21.7. The molecule has 0 aliphatic carbocycles. The van der Waals surface area contributed by atoms with Crippen LogP contribution < -0.4 is 19.1 Å². The number of carbonyl (C=O) groups is 3. The van der Waals surface area contributed by atoms with Crippen molar-refractivity contribution in [3.8, 4) is 17.2 Å². The quantitative estimate of drug-likeness (QED) is 0.0713. The summed E-state index contributed by atoms with van der Waals surface area (Å²) in [6.45, 7) is 7.78. The summed E-state index contributed by atoms with van der Waals surface area (Å²) in [6.07, 6.45) is 3.33. The first-order valence-corrected chi connectivity index (χ1v) is 14.1. The minimum atomic E-state index is -1.09. The molecule has 1 aliphatic heterocycles. The molecule has 1 amide bonds. The first kappa shape index (κ1) is 30.3. The van der Waals surface area contributed by atoms with E-state index in [9.17, 15) is 19.5 Å². The van der Waals surface area contributed by atoms with Gasteiger partial charge in [0.05, 0.1) is 38.1 Å². The Kier molecular flexibility index (Phi) is 9.64. The van der Waals surface area contributed by atoms with Gasteiger partial charge in [0.25, 0.3) is 5.78 Å². The number of aromatic nitrogens is 1. The van der Waals surface area contributed by atoms with Crippen LogP contribution in [0.15, 0.2) is 60.7 Å². The lowest BCUT2D eigenvalue weighted by Crippen LogP contribution is -2.29. The minimum absolute atomic E-state index is 0.00406. The van der Waals surface area contributed by atoms with E-state index in [2.05, 4.69) is 18.5 Å². The summed E-state index contributed by atoms with van der Waals surface area (Å²) in [5.74, 6) is -1.39. The number of thiazole rings is 1. The third-order valence-corrected chi connectivity index (χ3v) is 7.71. The summed E-state index contributed by atoms with van der Waals surface area (Å²) in [5, 5.41) is 11.6. The van der Waals surface area contributed by atoms with Crippen LogP contribution in [0.4, 0.5) is 5.13 Å². The molecule has 10 nitrogen and oxygen atoms in total. The van der Waals surface area contributed by atoms with Crippen LogP contribution in [0.25, 0.3) is 5.76 Å². The maximum atomic E-state index is 13.6. The molecular weight excluding hydrogens is 560 g/mol. The number of hydrogen-bond donors (Lipinski definition) is 1. The van der Waals surface area contributed by atoms with Crippen LogP contribution in [0.1, 0.15) is 52.3 Å². The lowest BCUT2D eigenvalue weighted by molar-refractivity contribution is -0.132. The second-order valence-electron chi connectivity index (χ2n) is 9.31. The molecule has 220 valence electrons. The first-order valence-electron chi connectivity index (χ1n) is 13.3. The van der Waals surface area contributed by atoms with Crippen LogP contribution in [0, 0.1) is 6.92 Å². The van der Waals surface area contributed by atoms with E-state index in [1.165, 1.54) is 25.2 Å². The number of carbonyl (C=O) groups excluding carboxylic acids is 3. The van der Waals surface area contributed by atoms with Crippen molar-refractivity contribution < 1.29 is 38.4 Å². The number of methoxy groups -OCH3 is 2. The molecule has 11 heteroatoms. The third-order valence-electron chi connectivity index (χ3n) is 6.57. The molecule has 0 saturated carbocycles. The van der Waals surface area contributed by atoms with Gasteiger partial charge in [-0.3, -0.25) is 14.5 Å². The Morgan fingerprint density at radius 2 is 1.83 bits per heavy atom. The number of hydrogen-bond acceptors (Lipinski definition) is 10. The average molecular weight is 593 g/mol. The number of esters is 1. The number of aliphatic hydroxyl groups excluding tert-OH is 1. The van der Waals surface area contributed by atoms with Crippen LogP contribution in [0.2, 0.25) is 0 Å². The highest BCUT2D eigenvalue weighted by Gasteiger charge is 2.48. The zero-order chi connectivity index (χ0) is 30.4. The Hall–Kier alpha value is -4.64. The number of aryl methyl sites for hydroxylation is 1. The highest BCUT2D eigenvalue weighted by atomic mass is 32.1. The van der Waals surface area contributed by atoms with Gasteiger partial charge in [-0.2, -0.15) is 0 Å². The zero-order valence-electron chi connectivity index (χ0n) is 23.8. The van der Waals surface area contributed by atoms with Crippen LogP contribution in [-0.2, 0) is 14.3 Å². The second-order valence-corrected chi connectivity index (χ2v) is 10.3. The Morgan fingerprint density at radius 1 is 1.12 bits per heavy atom. The van der Waals surface area contributed by atoms with E-state index in [4.69, 9.17) is 18.9 Å². The molecule has 1 saturated heterocycles. The van der Waals surface area contributed by atoms with Gasteiger partial charge in [0.2, 0.25) is 0 Å². The highest BCUT2D eigenvalue weighted by molar-refractivity contribution is 7.17. The zero-order valence-corrected chi connectivity index (χ0v) is 24.7. The van der Waals surface area contributed by atoms with Gasteiger partial charge in [-0.15, -0.1) is 0 Å². The molecule has 1 unspecified atom stereocenters. The Bertz CT molecular complexity index is 1530. The van der Waals surface area contributed by atoms with Crippen molar-refractivity contribution in [3.63, 3.8) is 0 Å². The molecule has 1 atom stereocenters. The molecule has 1 aromatic heterocycles. The van der Waals surface area contributed by atoms with Gasteiger partial charge in [0.1, 0.15) is 23.0 Å². The summed E-state index contributed by atoms with van der Waals surface area (Å²) in [7, 11) is 2.96. The number of rotatable bonds is 12. The fourth-order valence-electron chi connectivity index (χ4n) is 4.44. The van der Waals surface area contributed by atoms with Crippen LogP contribution in [0.5, 0.6) is 17.2 Å². The van der Waals surface area contributed by atoms with Crippen molar-refractivity contribution in [2.75, 3.05) is 32.3 Å². The van der Waals surface area contributed by atoms with E-state index in [0.29, 0.717) is 40.7 Å². The molecule has 4 rings (SSSR count). The van der Waals surface area contributed by atoms with E-state index >= 15 is 0 Å². The molecule has 2 aromatic carbocycles. The van der Waals surface area contributed by atoms with Crippen molar-refractivity contribution in [2.24, 2.45) is 0 Å². The number of benzene rings is 2. The number of ketones is 1. The van der Waals surface area contributed by atoms with Crippen molar-refractivity contribution >= 4 is 39.9 Å². The Labute approximate surface area is 247 Å². The number of aliphatic hydroxyl groups is 1. The summed E-state index contributed by atoms with van der Waals surface area (Å²) in [4.78, 5) is 45.5. The van der Waals surface area contributed by atoms with Crippen molar-refractivity contribution in [2.45, 2.75) is 32.7 Å². The SMILES string of the molecule is C=CCOC(=O)c1sc(N2C(=O)C(=O)C(=C(O)c3ccc(OCCCC)cc3)C2c2ccc(OC)c(OC)c2)nc1C. The molecule has 1 N–H and O–H groups in total. The maximum Gasteiger partial charge on any atom is 0.350 e. The van der Waals surface area contributed by atoms with Gasteiger partial charge in [0, 0.05) is 5.56 Å². The molecule has 42 heavy (non-hydrogen) atoms. The standard InChI is InChI=1S/C31H32N2O8S/c1-6-8-16-40-21-12-9-19(10-13-21)26(34)24-25(20-11-14-22(38-4)23(17-20)39-5)33(29(36)27(24)35)31-32-18(3)28(42-31)30(37)41-15-7-2/h7,9-14,17,25,34H,2,6,8,15-16H2,1,3-5H3. The topological polar surface area (TPSA) is 124 Å². The number of amides is 1. The van der Waals surface area contributed by atoms with Crippen LogP contribution in [-0.4, -0.2) is 55.2 Å². The monoisotopic (exact) mass is 592 g/mol. The van der Waals surface area contributed by atoms with Crippen molar-refractivity contribution in [1.29, 1.82) is 0 Å². The van der Waals surface area contributed by atoms with E-state index in [-0.39, 0.29) is 27.9 Å². The van der Waals surface area contributed by atoms with Gasteiger partial charge < -0.3 is 24.1 Å². The molecule has 1 fully saturated rings. The largest absolute Gasteiger partial charge is 0.507 e. The van der Waals surface area contributed by atoms with Gasteiger partial charge in [-0.25, -0.2) is 9.78 Å². The van der Waals surface area contributed by atoms with E-state index < -0.39 is 23.7 Å². The van der Waals surface area contributed by atoms with Crippen molar-refractivity contribution in [3.05, 3.63) is 82.4 Å². The number of ether oxygens (including phenoxy) is 4. The summed E-state index contributed by atoms with van der Waals surface area (Å²) in [5.41, 5.74) is 0.966. The molecule has 0 bridgehead atoms. The van der Waals surface area contributed by atoms with Gasteiger partial charge in [-0.05, 0) is 55.3 Å². The molecule has 0 radical (unpaired) electrons. The lowest BCUT2D eigenvalue weighted by Gasteiger charge is -2.23. The van der Waals surface area contributed by atoms with Gasteiger partial charge in [-0.1, -0.05) is 43.4 Å². The highest BCUT2D eigenvalue weighted by Crippen LogP contribution is 2.45. The first-order chi connectivity index (χ1) is 20.2. The lowest BCUT2D eigenvalue weighted by atomic mass is 9.95. The fraction of sp³-hybridized carbons (Fsp3) is 0.290. The number of Topliss-reactive ketones (excluding diaryl/α,β-unsaturated/α-hetero) is 1. The molecule has 2 heterocycles. The van der Waals surface area contributed by atoms with Crippen LogP contribution in [0.3, 0.4) is 0 Å². The molecular formula is C31H32N2O8S. The smallest absolute Gasteiger partial charge is 0.350 e. The molecule has 0 spiro atoms. The second kappa shape index (κ2) is 13.3. The minimum Gasteiger partial charge on any atom is -0.507 e. The predicted molar refractivity (Wildman–Crippen MR) is 159 cm³/mol. The Balaban J connectivity index is 1.85. The van der Waals surface area contributed by atoms with E-state index in [0.717, 1.165) is 24.2 Å². The fourth-order valence-corrected chi connectivity index (χ4v) is 5.43. The summed E-state index contributed by atoms with van der Waals surface area (Å²) in [6, 6.07) is 10.5. The maximum absolute atomic E-state index is 13.6. The summed E-state index contributed by atoms with van der Waals surface area (Å²) >= 11 is 0.914. The van der Waals surface area contributed by atoms with E-state index in [1.54, 1.807) is 49.4 Å². The Morgan fingerprint density at radius 3 is 2.48 bits per heavy atom. The van der Waals surface area contributed by atoms with Gasteiger partial charge >= 0.3 is 11.9 Å². The molecule has 1 aliphatic rings. The van der Waals surface area contributed by atoms with Gasteiger partial charge in [0.15, 0.2) is 16.6 Å². The number of unbranched alkanes of at least 4 members (excludes halogenated alkanes) is 1. The predicted octanol–water partition coefficient (Wildman–Crippen LogP) is 5.62. The number of nitrogens with zero attached hydrogens (tertiary/aromatic N) is 2.